The summed E-state index contributed by atoms with van der Waals surface area (Å²) >= 11 is 0. The zero-order chi connectivity index (χ0) is 17.6. The van der Waals surface area contributed by atoms with Gasteiger partial charge >= 0.3 is 11.9 Å². The van der Waals surface area contributed by atoms with Crippen molar-refractivity contribution in [3.63, 3.8) is 0 Å². The average Bonchev–Trinajstić information content (AvgIpc) is 2.91. The predicted octanol–water partition coefficient (Wildman–Crippen LogP) is 1.60. The van der Waals surface area contributed by atoms with Crippen molar-refractivity contribution >= 4 is 11.7 Å². The van der Waals surface area contributed by atoms with Gasteiger partial charge in [0.1, 0.15) is 5.82 Å². The molecule has 0 saturated heterocycles. The average molecular weight is 332 g/mol. The van der Waals surface area contributed by atoms with Crippen molar-refractivity contribution < 1.29 is 19.9 Å². The van der Waals surface area contributed by atoms with Crippen molar-refractivity contribution in [3.8, 4) is 11.5 Å². The molecule has 1 aliphatic rings. The molecular weight excluding hydrogens is 316 g/mol. The first kappa shape index (κ1) is 15.8. The van der Waals surface area contributed by atoms with Crippen LogP contribution in [0.1, 0.15) is 36.9 Å². The van der Waals surface area contributed by atoms with Gasteiger partial charge in [0.05, 0.1) is 12.1 Å². The molecule has 0 bridgehead atoms. The van der Waals surface area contributed by atoms with Gasteiger partial charge in [0, 0.05) is 16.5 Å². The number of aromatic nitrogens is 2. The summed E-state index contributed by atoms with van der Waals surface area (Å²) in [5.41, 5.74) is 0.849. The smallest absolute Gasteiger partial charge is 0.301 e. The summed E-state index contributed by atoms with van der Waals surface area (Å²) in [6.45, 7) is 3.75. The number of carbonyl (C=O) groups is 1. The molecule has 2 atom stereocenters. The number of phenolic OH excluding ortho intramolecular Hbond substituents is 2. The van der Waals surface area contributed by atoms with E-state index in [0.717, 1.165) is 0 Å². The number of phenols is 2. The normalized spacial score (nSPS) is 19.9. The van der Waals surface area contributed by atoms with E-state index in [2.05, 4.69) is 10.4 Å². The lowest BCUT2D eigenvalue weighted by Gasteiger charge is -2.27. The van der Waals surface area contributed by atoms with E-state index in [1.54, 1.807) is 4.68 Å². The van der Waals surface area contributed by atoms with E-state index in [-0.39, 0.29) is 11.8 Å². The van der Waals surface area contributed by atoms with Crippen molar-refractivity contribution in [2.24, 2.45) is 0 Å². The molecule has 126 valence electrons. The monoisotopic (exact) mass is 332 g/mol. The van der Waals surface area contributed by atoms with Crippen molar-refractivity contribution in [3.05, 3.63) is 45.6 Å². The van der Waals surface area contributed by atoms with Crippen LogP contribution in [0.15, 0.2) is 24.4 Å². The number of benzene rings is 1. The lowest BCUT2D eigenvalue weighted by molar-refractivity contribution is -0.509. The molecule has 0 unspecified atom stereocenters. The predicted molar refractivity (Wildman–Crippen MR) is 83.6 cm³/mol. The number of nitrogens with zero attached hydrogens (tertiary/aromatic N) is 3. The van der Waals surface area contributed by atoms with E-state index in [4.69, 9.17) is 0 Å². The molecular formula is C15H16N4O5. The van der Waals surface area contributed by atoms with Crippen LogP contribution in [0.5, 0.6) is 11.5 Å². The highest BCUT2D eigenvalue weighted by molar-refractivity contribution is 5.98. The molecule has 9 heteroatoms. The van der Waals surface area contributed by atoms with Crippen LogP contribution in [-0.2, 0) is 4.79 Å². The maximum Gasteiger partial charge on any atom is 0.301 e. The van der Waals surface area contributed by atoms with Gasteiger partial charge in [-0.1, -0.05) is 6.07 Å². The molecule has 0 spiro atoms. The van der Waals surface area contributed by atoms with Gasteiger partial charge in [-0.05, 0) is 31.5 Å². The fourth-order valence-corrected chi connectivity index (χ4v) is 2.95. The summed E-state index contributed by atoms with van der Waals surface area (Å²) in [5.74, 6) is -1.99. The number of nitro groups is 1. The number of anilines is 1. The minimum atomic E-state index is -1.55. The van der Waals surface area contributed by atoms with Crippen LogP contribution >= 0.6 is 0 Å². The standard InChI is InChI=1S/C15H16N4O5/c1-7(2)18-14-9(6-16-18)12(13(19(23)24)15(22)17-14)8-3-4-10(20)11(21)5-8/h3-7,12-13,20-21H,1-2H3,(H,17,22)/t12-,13+/m0/s1. The molecule has 1 aromatic carbocycles. The SMILES string of the molecule is CC(C)n1ncc2c1NC(=O)[C@H]([N+](=O)[O-])[C@H]2c1ccc(O)c(O)c1. The first-order chi connectivity index (χ1) is 11.3. The van der Waals surface area contributed by atoms with Crippen molar-refractivity contribution in [1.82, 2.24) is 9.78 Å². The lowest BCUT2D eigenvalue weighted by atomic mass is 9.83. The second kappa shape index (κ2) is 5.52. The van der Waals surface area contributed by atoms with Crippen molar-refractivity contribution in [2.75, 3.05) is 5.32 Å². The molecule has 1 aromatic heterocycles. The lowest BCUT2D eigenvalue weighted by Crippen LogP contribution is -2.44. The second-order valence-electron chi connectivity index (χ2n) is 5.93. The highest BCUT2D eigenvalue weighted by Gasteiger charge is 2.47. The zero-order valence-corrected chi connectivity index (χ0v) is 13.0. The third-order valence-electron chi connectivity index (χ3n) is 4.06. The van der Waals surface area contributed by atoms with Crippen molar-refractivity contribution in [1.29, 1.82) is 0 Å². The Kier molecular flexibility index (Phi) is 3.63. The van der Waals surface area contributed by atoms with Crippen LogP contribution in [0.25, 0.3) is 0 Å². The molecule has 2 heterocycles. The number of fused-ring (bicyclic) bond motifs is 1. The second-order valence-corrected chi connectivity index (χ2v) is 5.93. The first-order valence-electron chi connectivity index (χ1n) is 7.35. The Bertz CT molecular complexity index is 829. The van der Waals surface area contributed by atoms with Crippen LogP contribution in [0.4, 0.5) is 5.82 Å². The van der Waals surface area contributed by atoms with Gasteiger partial charge in [-0.3, -0.25) is 14.9 Å². The highest BCUT2D eigenvalue weighted by Crippen LogP contribution is 2.41. The molecule has 1 aliphatic heterocycles. The number of carbonyl (C=O) groups excluding carboxylic acids is 1. The molecule has 0 aliphatic carbocycles. The Balaban J connectivity index is 2.21. The molecule has 0 radical (unpaired) electrons. The molecule has 2 aromatic rings. The van der Waals surface area contributed by atoms with E-state index >= 15 is 0 Å². The minimum Gasteiger partial charge on any atom is -0.504 e. The van der Waals surface area contributed by atoms with Crippen molar-refractivity contribution in [2.45, 2.75) is 31.8 Å². The fourth-order valence-electron chi connectivity index (χ4n) is 2.95. The summed E-state index contributed by atoms with van der Waals surface area (Å²) in [6, 6.07) is 2.32. The van der Waals surface area contributed by atoms with E-state index in [9.17, 15) is 25.1 Å². The zero-order valence-electron chi connectivity index (χ0n) is 13.0. The van der Waals surface area contributed by atoms with Crippen LogP contribution in [0.3, 0.4) is 0 Å². The topological polar surface area (TPSA) is 131 Å². The Morgan fingerprint density at radius 2 is 2.04 bits per heavy atom. The molecule has 3 N–H and O–H groups in total. The van der Waals surface area contributed by atoms with Gasteiger partial charge in [0.15, 0.2) is 11.5 Å². The van der Waals surface area contributed by atoms with Crippen LogP contribution in [0, 0.1) is 10.1 Å². The summed E-state index contributed by atoms with van der Waals surface area (Å²) in [6.07, 6.45) is 1.49. The Hall–Kier alpha value is -3.10. The molecule has 0 saturated carbocycles. The Morgan fingerprint density at radius 1 is 1.33 bits per heavy atom. The first-order valence-corrected chi connectivity index (χ1v) is 7.35. The number of rotatable bonds is 3. The third kappa shape index (κ3) is 2.34. The maximum absolute atomic E-state index is 12.3. The van der Waals surface area contributed by atoms with Gasteiger partial charge in [-0.25, -0.2) is 4.68 Å². The van der Waals surface area contributed by atoms with E-state index in [0.29, 0.717) is 16.9 Å². The Morgan fingerprint density at radius 3 is 2.62 bits per heavy atom. The van der Waals surface area contributed by atoms with E-state index in [1.165, 1.54) is 24.4 Å². The number of aromatic hydroxyl groups is 2. The molecule has 3 rings (SSSR count). The van der Waals surface area contributed by atoms with Gasteiger partial charge in [-0.2, -0.15) is 5.10 Å². The Labute approximate surface area is 136 Å². The van der Waals surface area contributed by atoms with Gasteiger partial charge in [0.2, 0.25) is 0 Å². The summed E-state index contributed by atoms with van der Waals surface area (Å²) < 4.78 is 1.58. The number of hydrogen-bond acceptors (Lipinski definition) is 6. The fraction of sp³-hybridized carbons (Fsp3) is 0.333. The largest absolute Gasteiger partial charge is 0.504 e. The van der Waals surface area contributed by atoms with Gasteiger partial charge in [0.25, 0.3) is 0 Å². The quantitative estimate of drug-likeness (QED) is 0.444. The maximum atomic E-state index is 12.3. The molecule has 1 amide bonds. The number of amides is 1. The summed E-state index contributed by atoms with van der Waals surface area (Å²) in [4.78, 5) is 23.1. The van der Waals surface area contributed by atoms with Crippen LogP contribution in [0.2, 0.25) is 0 Å². The molecule has 9 nitrogen and oxygen atoms in total. The van der Waals surface area contributed by atoms with E-state index < -0.39 is 28.5 Å². The third-order valence-corrected chi connectivity index (χ3v) is 4.06. The minimum absolute atomic E-state index is 0.0462. The van der Waals surface area contributed by atoms with Crippen LogP contribution < -0.4 is 5.32 Å². The summed E-state index contributed by atoms with van der Waals surface area (Å²) in [7, 11) is 0. The van der Waals surface area contributed by atoms with Crippen LogP contribution in [-0.4, -0.2) is 36.9 Å². The molecule has 0 fully saturated rings. The highest BCUT2D eigenvalue weighted by atomic mass is 16.6. The number of hydrogen-bond donors (Lipinski definition) is 3. The molecule has 24 heavy (non-hydrogen) atoms. The number of nitrogens with one attached hydrogen (secondary N) is 1. The summed E-state index contributed by atoms with van der Waals surface area (Å²) in [5, 5.41) is 37.4. The van der Waals surface area contributed by atoms with Gasteiger partial charge < -0.3 is 15.5 Å². The van der Waals surface area contributed by atoms with Gasteiger partial charge in [-0.15, -0.1) is 0 Å². The van der Waals surface area contributed by atoms with E-state index in [1.807, 2.05) is 13.8 Å².